The molecular weight excluding hydrogens is 184 g/mol. The maximum atomic E-state index is 4.55. The molecule has 15 heavy (non-hydrogen) atoms. The van der Waals surface area contributed by atoms with Gasteiger partial charge in [0, 0.05) is 16.8 Å². The van der Waals surface area contributed by atoms with Crippen LogP contribution in [0.2, 0.25) is 0 Å². The van der Waals surface area contributed by atoms with E-state index in [-0.39, 0.29) is 5.41 Å². The van der Waals surface area contributed by atoms with E-state index in [0.717, 1.165) is 23.6 Å². The summed E-state index contributed by atoms with van der Waals surface area (Å²) in [6.07, 6.45) is 3.63. The molecule has 1 rings (SSSR count). The molecule has 2 nitrogen and oxygen atoms in total. The summed E-state index contributed by atoms with van der Waals surface area (Å²) < 4.78 is 0. The summed E-state index contributed by atoms with van der Waals surface area (Å²) >= 11 is 0. The van der Waals surface area contributed by atoms with Crippen LogP contribution in [-0.4, -0.2) is 9.97 Å². The molecule has 0 aromatic carbocycles. The van der Waals surface area contributed by atoms with Crippen molar-refractivity contribution in [3.05, 3.63) is 23.3 Å². The third kappa shape index (κ3) is 3.29. The normalized spacial score (nSPS) is 11.8. The molecule has 0 saturated heterocycles. The van der Waals surface area contributed by atoms with Crippen LogP contribution in [0.3, 0.4) is 0 Å². The predicted octanol–water partition coefficient (Wildman–Crippen LogP) is 3.56. The number of hydrogen-bond donors (Lipinski definition) is 0. The zero-order valence-electron chi connectivity index (χ0n) is 10.6. The van der Waals surface area contributed by atoms with Crippen molar-refractivity contribution in [2.75, 3.05) is 0 Å². The van der Waals surface area contributed by atoms with E-state index in [4.69, 9.17) is 0 Å². The molecule has 0 saturated carbocycles. The van der Waals surface area contributed by atoms with Crippen molar-refractivity contribution < 1.29 is 0 Å². The first-order valence-corrected chi connectivity index (χ1v) is 5.78. The first-order chi connectivity index (χ1) is 6.95. The molecule has 0 aliphatic carbocycles. The summed E-state index contributed by atoms with van der Waals surface area (Å²) in [5.41, 5.74) is 2.25. The molecule has 0 bridgehead atoms. The average molecular weight is 206 g/mol. The van der Waals surface area contributed by atoms with Gasteiger partial charge in [-0.1, -0.05) is 33.6 Å². The van der Waals surface area contributed by atoms with Gasteiger partial charge in [0.2, 0.25) is 0 Å². The van der Waals surface area contributed by atoms with E-state index in [1.165, 1.54) is 12.8 Å². The van der Waals surface area contributed by atoms with Gasteiger partial charge in [-0.05, 0) is 26.3 Å². The first-order valence-electron chi connectivity index (χ1n) is 5.78. The number of aryl methyl sites for hydroxylation is 2. The van der Waals surface area contributed by atoms with Gasteiger partial charge < -0.3 is 0 Å². The monoisotopic (exact) mass is 206 g/mol. The van der Waals surface area contributed by atoms with Gasteiger partial charge in [0.15, 0.2) is 0 Å². The summed E-state index contributed by atoms with van der Waals surface area (Å²) in [4.78, 5) is 9.09. The van der Waals surface area contributed by atoms with E-state index < -0.39 is 0 Å². The highest BCUT2D eigenvalue weighted by molar-refractivity contribution is 5.13. The van der Waals surface area contributed by atoms with Gasteiger partial charge in [0.25, 0.3) is 0 Å². The van der Waals surface area contributed by atoms with E-state index in [1.54, 1.807) is 0 Å². The van der Waals surface area contributed by atoms with Gasteiger partial charge in [-0.3, -0.25) is 0 Å². The molecule has 0 fully saturated rings. The van der Waals surface area contributed by atoms with Crippen LogP contribution >= 0.6 is 0 Å². The Bertz CT molecular complexity index is 309. The largest absolute Gasteiger partial charge is 0.238 e. The topological polar surface area (TPSA) is 25.8 Å². The van der Waals surface area contributed by atoms with Crippen LogP contribution < -0.4 is 0 Å². The summed E-state index contributed by atoms with van der Waals surface area (Å²) in [7, 11) is 0. The molecule has 1 aromatic rings. The quantitative estimate of drug-likeness (QED) is 0.752. The molecule has 0 radical (unpaired) electrons. The lowest BCUT2D eigenvalue weighted by Crippen LogP contribution is -2.21. The van der Waals surface area contributed by atoms with Crippen molar-refractivity contribution in [2.24, 2.45) is 0 Å². The molecule has 0 aliphatic rings. The number of nitrogens with zero attached hydrogens (tertiary/aromatic N) is 2. The Morgan fingerprint density at radius 1 is 1.13 bits per heavy atom. The maximum absolute atomic E-state index is 4.55. The van der Waals surface area contributed by atoms with Crippen molar-refractivity contribution in [1.82, 2.24) is 9.97 Å². The lowest BCUT2D eigenvalue weighted by molar-refractivity contribution is 0.429. The smallest absolute Gasteiger partial charge is 0.134 e. The Morgan fingerprint density at radius 2 is 1.67 bits per heavy atom. The molecule has 1 aromatic heterocycles. The van der Waals surface area contributed by atoms with Crippen LogP contribution in [-0.2, 0) is 5.41 Å². The highest BCUT2D eigenvalue weighted by Gasteiger charge is 2.23. The Balaban J connectivity index is 2.93. The summed E-state index contributed by atoms with van der Waals surface area (Å²) in [6, 6.07) is 2.03. The second-order valence-electron chi connectivity index (χ2n) is 4.96. The Labute approximate surface area is 93.2 Å². The maximum Gasteiger partial charge on any atom is 0.134 e. The number of unbranched alkanes of at least 4 members (excludes halogenated alkanes) is 1. The summed E-state index contributed by atoms with van der Waals surface area (Å²) in [5.74, 6) is 0.994. The highest BCUT2D eigenvalue weighted by atomic mass is 14.9. The van der Waals surface area contributed by atoms with E-state index in [1.807, 2.05) is 19.9 Å². The average Bonchev–Trinajstić information content (AvgIpc) is 2.13. The van der Waals surface area contributed by atoms with Gasteiger partial charge >= 0.3 is 0 Å². The van der Waals surface area contributed by atoms with Crippen LogP contribution in [0, 0.1) is 13.8 Å². The fourth-order valence-corrected chi connectivity index (χ4v) is 1.76. The van der Waals surface area contributed by atoms with Gasteiger partial charge in [-0.25, -0.2) is 9.97 Å². The molecule has 2 heteroatoms. The fourth-order valence-electron chi connectivity index (χ4n) is 1.76. The van der Waals surface area contributed by atoms with E-state index >= 15 is 0 Å². The minimum absolute atomic E-state index is 0.104. The minimum atomic E-state index is 0.104. The third-order valence-corrected chi connectivity index (χ3v) is 2.74. The van der Waals surface area contributed by atoms with Crippen molar-refractivity contribution in [3.8, 4) is 0 Å². The van der Waals surface area contributed by atoms with Gasteiger partial charge in [0.1, 0.15) is 5.82 Å². The molecule has 0 spiro atoms. The number of rotatable bonds is 4. The van der Waals surface area contributed by atoms with Gasteiger partial charge in [-0.15, -0.1) is 0 Å². The molecule has 84 valence electrons. The lowest BCUT2D eigenvalue weighted by Gasteiger charge is -2.23. The highest BCUT2D eigenvalue weighted by Crippen LogP contribution is 2.26. The van der Waals surface area contributed by atoms with Crippen LogP contribution in [0.25, 0.3) is 0 Å². The second kappa shape index (κ2) is 4.73. The lowest BCUT2D eigenvalue weighted by atomic mass is 9.86. The third-order valence-electron chi connectivity index (χ3n) is 2.74. The summed E-state index contributed by atoms with van der Waals surface area (Å²) in [6.45, 7) is 10.8. The zero-order chi connectivity index (χ0) is 11.5. The molecule has 0 aliphatic heterocycles. The van der Waals surface area contributed by atoms with Crippen molar-refractivity contribution in [1.29, 1.82) is 0 Å². The van der Waals surface area contributed by atoms with E-state index in [9.17, 15) is 0 Å². The van der Waals surface area contributed by atoms with Crippen LogP contribution in [0.4, 0.5) is 0 Å². The molecular formula is C13H22N2. The molecule has 0 unspecified atom stereocenters. The minimum Gasteiger partial charge on any atom is -0.238 e. The second-order valence-corrected chi connectivity index (χ2v) is 4.96. The Morgan fingerprint density at radius 3 is 2.13 bits per heavy atom. The van der Waals surface area contributed by atoms with Crippen molar-refractivity contribution >= 4 is 0 Å². The Hall–Kier alpha value is -0.920. The SMILES string of the molecule is CCCCC(C)(C)c1nc(C)cc(C)n1. The molecule has 0 atom stereocenters. The van der Waals surface area contributed by atoms with Crippen LogP contribution in [0.5, 0.6) is 0 Å². The first kappa shape index (κ1) is 12.2. The molecule has 0 N–H and O–H groups in total. The van der Waals surface area contributed by atoms with Crippen molar-refractivity contribution in [3.63, 3.8) is 0 Å². The van der Waals surface area contributed by atoms with Gasteiger partial charge in [0.05, 0.1) is 0 Å². The van der Waals surface area contributed by atoms with Crippen LogP contribution in [0.15, 0.2) is 6.07 Å². The summed E-state index contributed by atoms with van der Waals surface area (Å²) in [5, 5.41) is 0. The zero-order valence-corrected chi connectivity index (χ0v) is 10.6. The van der Waals surface area contributed by atoms with Crippen molar-refractivity contribution in [2.45, 2.75) is 59.3 Å². The standard InChI is InChI=1S/C13H22N2/c1-6-7-8-13(4,5)12-14-10(2)9-11(3)15-12/h9H,6-8H2,1-5H3. The molecule has 0 amide bonds. The predicted molar refractivity (Wildman–Crippen MR) is 64.1 cm³/mol. The van der Waals surface area contributed by atoms with Gasteiger partial charge in [-0.2, -0.15) is 0 Å². The fraction of sp³-hybridized carbons (Fsp3) is 0.692. The molecule has 1 heterocycles. The number of aromatic nitrogens is 2. The van der Waals surface area contributed by atoms with E-state index in [0.29, 0.717) is 0 Å². The van der Waals surface area contributed by atoms with Crippen LogP contribution in [0.1, 0.15) is 57.2 Å². The number of hydrogen-bond acceptors (Lipinski definition) is 2. The van der Waals surface area contributed by atoms with E-state index in [2.05, 4.69) is 30.7 Å². The Kier molecular flexibility index (Phi) is 3.83.